The average molecular weight is 391 g/mol. The molecule has 1 aromatic heterocycles. The molecule has 0 aliphatic carbocycles. The number of carbonyl (C=O) groups is 1. The molecule has 0 saturated heterocycles. The Hall–Kier alpha value is -3.54. The largest absolute Gasteiger partial charge is 0.493 e. The maximum Gasteiger partial charge on any atom is 0.246 e. The molecule has 2 aromatic carbocycles. The summed E-state index contributed by atoms with van der Waals surface area (Å²) in [6, 6.07) is 15.7. The van der Waals surface area contributed by atoms with Gasteiger partial charge in [0.25, 0.3) is 0 Å². The summed E-state index contributed by atoms with van der Waals surface area (Å²) >= 11 is 0. The van der Waals surface area contributed by atoms with E-state index < -0.39 is 0 Å². The zero-order valence-electron chi connectivity index (χ0n) is 16.9. The number of hydrogen-bond acceptors (Lipinski definition) is 4. The fraction of sp³-hybridized carbons (Fsp3) is 0.217. The highest BCUT2D eigenvalue weighted by molar-refractivity contribution is 5.91. The standard InChI is InChI=1S/C23H25N3O3/c1-25(15-20-14-24-26(17-20)16-19-7-5-4-6-8-19)23(27)12-10-18-9-11-21(28-2)22(13-18)29-3/h4-14,17H,15-16H2,1-3H3/b12-10+. The number of carbonyl (C=O) groups excluding carboxylic acids is 1. The molecule has 6 nitrogen and oxygen atoms in total. The van der Waals surface area contributed by atoms with Gasteiger partial charge in [0.05, 0.1) is 27.0 Å². The van der Waals surface area contributed by atoms with Crippen molar-refractivity contribution in [1.29, 1.82) is 0 Å². The summed E-state index contributed by atoms with van der Waals surface area (Å²) in [5, 5.41) is 4.39. The molecule has 6 heteroatoms. The van der Waals surface area contributed by atoms with Crippen molar-refractivity contribution in [3.05, 3.63) is 83.7 Å². The van der Waals surface area contributed by atoms with Crippen LogP contribution in [0.15, 0.2) is 67.0 Å². The molecule has 0 N–H and O–H groups in total. The second kappa shape index (κ2) is 9.59. The van der Waals surface area contributed by atoms with Crippen molar-refractivity contribution in [1.82, 2.24) is 14.7 Å². The Morgan fingerprint density at radius 1 is 1.07 bits per heavy atom. The Bertz CT molecular complexity index is 980. The first-order chi connectivity index (χ1) is 14.1. The number of methoxy groups -OCH3 is 2. The van der Waals surface area contributed by atoms with Crippen LogP contribution in [-0.2, 0) is 17.9 Å². The summed E-state index contributed by atoms with van der Waals surface area (Å²) in [7, 11) is 4.95. The molecule has 0 atom stereocenters. The van der Waals surface area contributed by atoms with Crippen molar-refractivity contribution >= 4 is 12.0 Å². The molecular weight excluding hydrogens is 366 g/mol. The van der Waals surface area contributed by atoms with Gasteiger partial charge in [-0.05, 0) is 29.3 Å². The Kier molecular flexibility index (Phi) is 6.68. The van der Waals surface area contributed by atoms with Gasteiger partial charge in [-0.25, -0.2) is 0 Å². The average Bonchev–Trinajstić information content (AvgIpc) is 3.18. The van der Waals surface area contributed by atoms with Gasteiger partial charge in [-0.3, -0.25) is 9.48 Å². The van der Waals surface area contributed by atoms with Crippen LogP contribution in [0.5, 0.6) is 11.5 Å². The number of ether oxygens (including phenoxy) is 2. The van der Waals surface area contributed by atoms with Crippen molar-refractivity contribution < 1.29 is 14.3 Å². The third kappa shape index (κ3) is 5.48. The van der Waals surface area contributed by atoms with Gasteiger partial charge in [0.2, 0.25) is 5.91 Å². The molecule has 0 saturated carbocycles. The minimum atomic E-state index is -0.0874. The Morgan fingerprint density at radius 3 is 2.55 bits per heavy atom. The van der Waals surface area contributed by atoms with Crippen LogP contribution in [0.2, 0.25) is 0 Å². The lowest BCUT2D eigenvalue weighted by Gasteiger charge is -2.13. The molecule has 0 fully saturated rings. The molecule has 29 heavy (non-hydrogen) atoms. The molecule has 0 aliphatic rings. The van der Waals surface area contributed by atoms with Crippen LogP contribution in [0, 0.1) is 0 Å². The van der Waals surface area contributed by atoms with Crippen molar-refractivity contribution in [2.45, 2.75) is 13.1 Å². The van der Waals surface area contributed by atoms with Crippen LogP contribution in [0.25, 0.3) is 6.08 Å². The molecule has 1 heterocycles. The van der Waals surface area contributed by atoms with Gasteiger partial charge in [-0.15, -0.1) is 0 Å². The fourth-order valence-electron chi connectivity index (χ4n) is 2.95. The fourth-order valence-corrected chi connectivity index (χ4v) is 2.95. The van der Waals surface area contributed by atoms with E-state index in [1.54, 1.807) is 44.5 Å². The lowest BCUT2D eigenvalue weighted by Crippen LogP contribution is -2.23. The lowest BCUT2D eigenvalue weighted by molar-refractivity contribution is -0.125. The topological polar surface area (TPSA) is 56.6 Å². The van der Waals surface area contributed by atoms with Crippen LogP contribution in [0.1, 0.15) is 16.7 Å². The van der Waals surface area contributed by atoms with Crippen LogP contribution in [0.3, 0.4) is 0 Å². The van der Waals surface area contributed by atoms with Crippen LogP contribution in [0.4, 0.5) is 0 Å². The third-order valence-electron chi connectivity index (χ3n) is 4.50. The molecule has 150 valence electrons. The number of aromatic nitrogens is 2. The molecule has 0 spiro atoms. The highest BCUT2D eigenvalue weighted by atomic mass is 16.5. The highest BCUT2D eigenvalue weighted by Crippen LogP contribution is 2.28. The number of likely N-dealkylation sites (N-methyl/N-ethyl adjacent to an activating group) is 1. The summed E-state index contributed by atoms with van der Waals surface area (Å²) in [5.74, 6) is 1.19. The molecule has 3 aromatic rings. The molecular formula is C23H25N3O3. The van der Waals surface area contributed by atoms with Crippen molar-refractivity contribution in [3.63, 3.8) is 0 Å². The molecule has 3 rings (SSSR count). The molecule has 1 amide bonds. The third-order valence-corrected chi connectivity index (χ3v) is 4.50. The van der Waals surface area contributed by atoms with Crippen LogP contribution < -0.4 is 9.47 Å². The first-order valence-corrected chi connectivity index (χ1v) is 9.29. The maximum atomic E-state index is 12.5. The lowest BCUT2D eigenvalue weighted by atomic mass is 10.2. The van der Waals surface area contributed by atoms with E-state index in [0.29, 0.717) is 24.6 Å². The Labute approximate surface area is 171 Å². The van der Waals surface area contributed by atoms with E-state index in [2.05, 4.69) is 17.2 Å². The van der Waals surface area contributed by atoms with Crippen molar-refractivity contribution in [2.75, 3.05) is 21.3 Å². The normalized spacial score (nSPS) is 10.9. The number of hydrogen-bond donors (Lipinski definition) is 0. The van der Waals surface area contributed by atoms with Crippen LogP contribution >= 0.6 is 0 Å². The molecule has 0 unspecified atom stereocenters. The minimum absolute atomic E-state index is 0.0874. The smallest absolute Gasteiger partial charge is 0.246 e. The summed E-state index contributed by atoms with van der Waals surface area (Å²) < 4.78 is 12.4. The number of rotatable bonds is 8. The zero-order valence-corrected chi connectivity index (χ0v) is 16.9. The SMILES string of the molecule is COc1ccc(/C=C/C(=O)N(C)Cc2cnn(Cc3ccccc3)c2)cc1OC. The summed E-state index contributed by atoms with van der Waals surface area (Å²) in [5.41, 5.74) is 3.03. The van der Waals surface area contributed by atoms with E-state index in [1.807, 2.05) is 47.3 Å². The van der Waals surface area contributed by atoms with Gasteiger partial charge in [-0.2, -0.15) is 5.10 Å². The van der Waals surface area contributed by atoms with E-state index in [4.69, 9.17) is 9.47 Å². The molecule has 0 bridgehead atoms. The highest BCUT2D eigenvalue weighted by Gasteiger charge is 2.09. The number of benzene rings is 2. The summed E-state index contributed by atoms with van der Waals surface area (Å²) in [6.45, 7) is 1.20. The maximum absolute atomic E-state index is 12.5. The minimum Gasteiger partial charge on any atom is -0.493 e. The quantitative estimate of drug-likeness (QED) is 0.551. The summed E-state index contributed by atoms with van der Waals surface area (Å²) in [6.07, 6.45) is 7.08. The molecule has 0 radical (unpaired) electrons. The Morgan fingerprint density at radius 2 is 1.83 bits per heavy atom. The number of nitrogens with zero attached hydrogens (tertiary/aromatic N) is 3. The van der Waals surface area contributed by atoms with Crippen molar-refractivity contribution in [2.24, 2.45) is 0 Å². The predicted octanol–water partition coefficient (Wildman–Crippen LogP) is 3.62. The van der Waals surface area contributed by atoms with E-state index >= 15 is 0 Å². The van der Waals surface area contributed by atoms with Gasteiger partial charge in [-0.1, -0.05) is 36.4 Å². The first kappa shape index (κ1) is 20.2. The Balaban J connectivity index is 1.59. The van der Waals surface area contributed by atoms with E-state index in [9.17, 15) is 4.79 Å². The van der Waals surface area contributed by atoms with Gasteiger partial charge >= 0.3 is 0 Å². The van der Waals surface area contributed by atoms with Gasteiger partial charge < -0.3 is 14.4 Å². The first-order valence-electron chi connectivity index (χ1n) is 9.29. The molecule has 0 aliphatic heterocycles. The van der Waals surface area contributed by atoms with Crippen LogP contribution in [-0.4, -0.2) is 41.9 Å². The van der Waals surface area contributed by atoms with E-state index in [-0.39, 0.29) is 5.91 Å². The van der Waals surface area contributed by atoms with Gasteiger partial charge in [0.1, 0.15) is 0 Å². The van der Waals surface area contributed by atoms with E-state index in [1.165, 1.54) is 5.56 Å². The van der Waals surface area contributed by atoms with Gasteiger partial charge in [0, 0.05) is 31.4 Å². The second-order valence-corrected chi connectivity index (χ2v) is 6.67. The van der Waals surface area contributed by atoms with Crippen molar-refractivity contribution in [3.8, 4) is 11.5 Å². The zero-order chi connectivity index (χ0) is 20.6. The predicted molar refractivity (Wildman–Crippen MR) is 113 cm³/mol. The number of amides is 1. The monoisotopic (exact) mass is 391 g/mol. The van der Waals surface area contributed by atoms with E-state index in [0.717, 1.165) is 11.1 Å². The van der Waals surface area contributed by atoms with Gasteiger partial charge in [0.15, 0.2) is 11.5 Å². The second-order valence-electron chi connectivity index (χ2n) is 6.67. The summed E-state index contributed by atoms with van der Waals surface area (Å²) in [4.78, 5) is 14.1.